The predicted octanol–water partition coefficient (Wildman–Crippen LogP) is 1.68. The van der Waals surface area contributed by atoms with Gasteiger partial charge in [0.15, 0.2) is 0 Å². The van der Waals surface area contributed by atoms with E-state index < -0.39 is 0 Å². The standard InChI is InChI=1S/C10H18N4/c1-4-5-8(2)14(3)10-7-12-6-9(11)13-10/h6-8H,4-5H2,1-3H3,(H2,11,13). The molecule has 0 bridgehead atoms. The van der Waals surface area contributed by atoms with Gasteiger partial charge >= 0.3 is 0 Å². The van der Waals surface area contributed by atoms with E-state index in [1.165, 1.54) is 6.42 Å². The van der Waals surface area contributed by atoms with Gasteiger partial charge in [-0.05, 0) is 13.3 Å². The van der Waals surface area contributed by atoms with Crippen molar-refractivity contribution in [1.29, 1.82) is 0 Å². The summed E-state index contributed by atoms with van der Waals surface area (Å²) in [5.41, 5.74) is 5.57. The second kappa shape index (κ2) is 4.79. The number of rotatable bonds is 4. The summed E-state index contributed by atoms with van der Waals surface area (Å²) in [7, 11) is 2.02. The lowest BCUT2D eigenvalue weighted by Gasteiger charge is -2.25. The highest BCUT2D eigenvalue weighted by Gasteiger charge is 2.10. The van der Waals surface area contributed by atoms with E-state index in [0.29, 0.717) is 11.9 Å². The van der Waals surface area contributed by atoms with E-state index in [4.69, 9.17) is 5.73 Å². The van der Waals surface area contributed by atoms with Crippen molar-refractivity contribution < 1.29 is 0 Å². The van der Waals surface area contributed by atoms with Crippen LogP contribution in [0.15, 0.2) is 12.4 Å². The molecule has 0 fully saturated rings. The van der Waals surface area contributed by atoms with Gasteiger partial charge in [-0.2, -0.15) is 0 Å². The third-order valence-corrected chi connectivity index (χ3v) is 2.37. The molecule has 1 unspecified atom stereocenters. The van der Waals surface area contributed by atoms with Crippen LogP contribution in [0, 0.1) is 0 Å². The summed E-state index contributed by atoms with van der Waals surface area (Å²) in [5.74, 6) is 1.31. The van der Waals surface area contributed by atoms with Gasteiger partial charge in [0.25, 0.3) is 0 Å². The van der Waals surface area contributed by atoms with Crippen molar-refractivity contribution in [1.82, 2.24) is 9.97 Å². The van der Waals surface area contributed by atoms with Crippen molar-refractivity contribution in [2.45, 2.75) is 32.7 Å². The Hall–Kier alpha value is -1.32. The number of nitrogens with two attached hydrogens (primary N) is 1. The normalized spacial score (nSPS) is 12.5. The van der Waals surface area contributed by atoms with E-state index in [1.807, 2.05) is 7.05 Å². The first-order valence-electron chi connectivity index (χ1n) is 4.95. The zero-order chi connectivity index (χ0) is 10.6. The number of nitrogens with zero attached hydrogens (tertiary/aromatic N) is 3. The molecule has 1 heterocycles. The number of anilines is 2. The van der Waals surface area contributed by atoms with E-state index in [2.05, 4.69) is 28.7 Å². The highest BCUT2D eigenvalue weighted by atomic mass is 15.2. The number of aromatic nitrogens is 2. The maximum Gasteiger partial charge on any atom is 0.149 e. The van der Waals surface area contributed by atoms with Gasteiger partial charge in [0.05, 0.1) is 12.4 Å². The summed E-state index contributed by atoms with van der Waals surface area (Å²) in [6.45, 7) is 4.35. The molecule has 0 radical (unpaired) electrons. The lowest BCUT2D eigenvalue weighted by molar-refractivity contribution is 0.610. The van der Waals surface area contributed by atoms with Crippen molar-refractivity contribution in [2.75, 3.05) is 17.7 Å². The summed E-state index contributed by atoms with van der Waals surface area (Å²) in [6.07, 6.45) is 5.61. The van der Waals surface area contributed by atoms with E-state index in [1.54, 1.807) is 12.4 Å². The average molecular weight is 194 g/mol. The highest BCUT2D eigenvalue weighted by molar-refractivity contribution is 5.41. The maximum absolute atomic E-state index is 5.57. The minimum atomic E-state index is 0.469. The molecule has 4 nitrogen and oxygen atoms in total. The largest absolute Gasteiger partial charge is 0.382 e. The highest BCUT2D eigenvalue weighted by Crippen LogP contribution is 2.14. The Morgan fingerprint density at radius 3 is 2.79 bits per heavy atom. The third-order valence-electron chi connectivity index (χ3n) is 2.37. The molecule has 0 saturated carbocycles. The van der Waals surface area contributed by atoms with Gasteiger partial charge in [-0.1, -0.05) is 13.3 Å². The summed E-state index contributed by atoms with van der Waals surface area (Å²) in [4.78, 5) is 10.3. The minimum Gasteiger partial charge on any atom is -0.382 e. The second-order valence-corrected chi connectivity index (χ2v) is 3.55. The molecule has 14 heavy (non-hydrogen) atoms. The fourth-order valence-electron chi connectivity index (χ4n) is 1.38. The monoisotopic (exact) mass is 194 g/mol. The Morgan fingerprint density at radius 1 is 1.50 bits per heavy atom. The zero-order valence-corrected chi connectivity index (χ0v) is 9.07. The van der Waals surface area contributed by atoms with Crippen LogP contribution in [-0.4, -0.2) is 23.1 Å². The molecule has 2 N–H and O–H groups in total. The summed E-state index contributed by atoms with van der Waals surface area (Å²) in [5, 5.41) is 0. The van der Waals surface area contributed by atoms with E-state index >= 15 is 0 Å². The Balaban J connectivity index is 2.73. The number of hydrogen-bond donors (Lipinski definition) is 1. The minimum absolute atomic E-state index is 0.469. The molecular formula is C10H18N4. The Bertz CT molecular complexity index is 287. The van der Waals surface area contributed by atoms with Crippen LogP contribution in [0.4, 0.5) is 11.6 Å². The molecule has 0 aliphatic carbocycles. The van der Waals surface area contributed by atoms with Crippen molar-refractivity contribution in [3.8, 4) is 0 Å². The molecule has 1 aromatic rings. The molecule has 1 atom stereocenters. The first-order chi connectivity index (χ1) is 6.65. The molecule has 1 rings (SSSR count). The van der Waals surface area contributed by atoms with Gasteiger partial charge in [-0.15, -0.1) is 0 Å². The Kier molecular flexibility index (Phi) is 3.68. The molecule has 0 amide bonds. The van der Waals surface area contributed by atoms with Crippen LogP contribution >= 0.6 is 0 Å². The third kappa shape index (κ3) is 2.58. The maximum atomic E-state index is 5.57. The van der Waals surface area contributed by atoms with Gasteiger partial charge in [0, 0.05) is 13.1 Å². The second-order valence-electron chi connectivity index (χ2n) is 3.55. The summed E-state index contributed by atoms with van der Waals surface area (Å²) >= 11 is 0. The quantitative estimate of drug-likeness (QED) is 0.792. The molecule has 0 saturated heterocycles. The van der Waals surface area contributed by atoms with Crippen LogP contribution in [0.3, 0.4) is 0 Å². The van der Waals surface area contributed by atoms with Crippen molar-refractivity contribution in [2.24, 2.45) is 0 Å². The number of nitrogen functional groups attached to an aromatic ring is 1. The van der Waals surface area contributed by atoms with Crippen molar-refractivity contribution >= 4 is 11.6 Å². The van der Waals surface area contributed by atoms with Gasteiger partial charge < -0.3 is 10.6 Å². The van der Waals surface area contributed by atoms with Gasteiger partial charge in [0.2, 0.25) is 0 Å². The topological polar surface area (TPSA) is 55.0 Å². The Morgan fingerprint density at radius 2 is 2.21 bits per heavy atom. The van der Waals surface area contributed by atoms with E-state index in [0.717, 1.165) is 12.2 Å². The van der Waals surface area contributed by atoms with Crippen LogP contribution in [0.2, 0.25) is 0 Å². The van der Waals surface area contributed by atoms with Crippen LogP contribution in [0.1, 0.15) is 26.7 Å². The van der Waals surface area contributed by atoms with Gasteiger partial charge in [-0.3, -0.25) is 4.98 Å². The molecule has 78 valence electrons. The molecule has 4 heteroatoms. The molecule has 0 spiro atoms. The van der Waals surface area contributed by atoms with E-state index in [9.17, 15) is 0 Å². The van der Waals surface area contributed by atoms with Crippen LogP contribution < -0.4 is 10.6 Å². The molecule has 0 aliphatic rings. The molecule has 1 aromatic heterocycles. The first-order valence-corrected chi connectivity index (χ1v) is 4.95. The molecule has 0 aliphatic heterocycles. The van der Waals surface area contributed by atoms with Crippen molar-refractivity contribution in [3.05, 3.63) is 12.4 Å². The van der Waals surface area contributed by atoms with Gasteiger partial charge in [0.1, 0.15) is 11.6 Å². The van der Waals surface area contributed by atoms with E-state index in [-0.39, 0.29) is 0 Å². The Labute approximate surface area is 85.2 Å². The van der Waals surface area contributed by atoms with Crippen LogP contribution in [-0.2, 0) is 0 Å². The van der Waals surface area contributed by atoms with Crippen LogP contribution in [0.25, 0.3) is 0 Å². The molecule has 0 aromatic carbocycles. The lowest BCUT2D eigenvalue weighted by Crippen LogP contribution is -2.29. The van der Waals surface area contributed by atoms with Gasteiger partial charge in [-0.25, -0.2) is 4.98 Å². The first kappa shape index (κ1) is 10.8. The lowest BCUT2D eigenvalue weighted by atomic mass is 10.2. The SMILES string of the molecule is CCCC(C)N(C)c1cncc(N)n1. The van der Waals surface area contributed by atoms with Crippen LogP contribution in [0.5, 0.6) is 0 Å². The average Bonchev–Trinajstić information content (AvgIpc) is 2.17. The number of hydrogen-bond acceptors (Lipinski definition) is 4. The summed E-state index contributed by atoms with van der Waals surface area (Å²) in [6, 6.07) is 0.469. The predicted molar refractivity (Wildman–Crippen MR) is 59.2 cm³/mol. The fraction of sp³-hybridized carbons (Fsp3) is 0.600. The fourth-order valence-corrected chi connectivity index (χ4v) is 1.38. The zero-order valence-electron chi connectivity index (χ0n) is 9.07. The van der Waals surface area contributed by atoms with Crippen molar-refractivity contribution in [3.63, 3.8) is 0 Å². The summed E-state index contributed by atoms with van der Waals surface area (Å²) < 4.78 is 0. The molecular weight excluding hydrogens is 176 g/mol. The smallest absolute Gasteiger partial charge is 0.149 e.